The number of carbonyl (C=O) groups excluding carboxylic acids is 3. The Morgan fingerprint density at radius 2 is 1.63 bits per heavy atom. The summed E-state index contributed by atoms with van der Waals surface area (Å²) in [6, 6.07) is 8.84. The van der Waals surface area contributed by atoms with E-state index in [4.69, 9.17) is 23.5 Å². The number of nitrogens with zero attached hydrogens (tertiary/aromatic N) is 1. The van der Waals surface area contributed by atoms with E-state index in [1.807, 2.05) is 6.07 Å². The van der Waals surface area contributed by atoms with Crippen LogP contribution in [0.3, 0.4) is 0 Å². The normalized spacial score (nSPS) is 23.3. The number of thioether (sulfide) groups is 1. The SMILES string of the molecule is CC(=O)O[C@@H]1[C@@H](OC(C)=O)[C@@H](Oc2ccccc2-c2ccno2)SC[C@H]1OC(C)=O. The summed E-state index contributed by atoms with van der Waals surface area (Å²) in [4.78, 5) is 34.9. The molecule has 10 heteroatoms. The molecule has 0 saturated carbocycles. The first-order valence-electron chi connectivity index (χ1n) is 9.15. The molecule has 0 amide bonds. The summed E-state index contributed by atoms with van der Waals surface area (Å²) in [5, 5.41) is 3.71. The lowest BCUT2D eigenvalue weighted by Gasteiger charge is -2.40. The van der Waals surface area contributed by atoms with Crippen molar-refractivity contribution in [2.45, 2.75) is 44.5 Å². The van der Waals surface area contributed by atoms with E-state index in [1.54, 1.807) is 24.3 Å². The van der Waals surface area contributed by atoms with E-state index in [2.05, 4.69) is 5.16 Å². The van der Waals surface area contributed by atoms with Crippen LogP contribution in [0.15, 0.2) is 41.1 Å². The maximum absolute atomic E-state index is 11.8. The first-order chi connectivity index (χ1) is 14.3. The van der Waals surface area contributed by atoms with E-state index in [0.717, 1.165) is 0 Å². The summed E-state index contributed by atoms with van der Waals surface area (Å²) < 4.78 is 27.5. The van der Waals surface area contributed by atoms with Crippen LogP contribution in [0, 0.1) is 0 Å². The fourth-order valence-corrected chi connectivity index (χ4v) is 4.27. The molecule has 1 aromatic carbocycles. The topological polar surface area (TPSA) is 114 Å². The number of para-hydroxylation sites is 1. The van der Waals surface area contributed by atoms with Crippen LogP contribution in [-0.4, -0.2) is 52.6 Å². The van der Waals surface area contributed by atoms with Crippen LogP contribution in [-0.2, 0) is 28.6 Å². The molecule has 4 atom stereocenters. The quantitative estimate of drug-likeness (QED) is 0.495. The molecule has 160 valence electrons. The number of hydrogen-bond donors (Lipinski definition) is 0. The fraction of sp³-hybridized carbons (Fsp3) is 0.400. The van der Waals surface area contributed by atoms with Crippen molar-refractivity contribution in [1.29, 1.82) is 0 Å². The Kier molecular flexibility index (Phi) is 6.99. The number of rotatable bonds is 6. The average Bonchev–Trinajstić information content (AvgIpc) is 3.20. The summed E-state index contributed by atoms with van der Waals surface area (Å²) in [7, 11) is 0. The largest absolute Gasteiger partial charge is 0.475 e. The van der Waals surface area contributed by atoms with Crippen molar-refractivity contribution < 1.29 is 37.9 Å². The highest BCUT2D eigenvalue weighted by molar-refractivity contribution is 7.99. The highest BCUT2D eigenvalue weighted by Crippen LogP contribution is 2.37. The Hall–Kier alpha value is -3.01. The van der Waals surface area contributed by atoms with E-state index in [-0.39, 0.29) is 5.75 Å². The molecule has 1 aromatic heterocycles. The standard InChI is InChI=1S/C20H21NO8S/c1-11(22)25-17-10-30-20(19(27-13(3)24)18(17)26-12(2)23)28-15-7-5-4-6-14(15)16-8-9-21-29-16/h4-9,17-20H,10H2,1-3H3/t17-,18+,19-,20+/m1/s1. The number of aromatic nitrogens is 1. The second-order valence-corrected chi connectivity index (χ2v) is 7.62. The van der Waals surface area contributed by atoms with Crippen LogP contribution < -0.4 is 4.74 Å². The minimum atomic E-state index is -1.01. The average molecular weight is 435 g/mol. The van der Waals surface area contributed by atoms with Gasteiger partial charge in [-0.25, -0.2) is 0 Å². The van der Waals surface area contributed by atoms with Gasteiger partial charge in [0.2, 0.25) is 0 Å². The molecular weight excluding hydrogens is 414 g/mol. The predicted molar refractivity (Wildman–Crippen MR) is 105 cm³/mol. The van der Waals surface area contributed by atoms with Gasteiger partial charge in [-0.1, -0.05) is 17.3 Å². The Balaban J connectivity index is 1.91. The highest BCUT2D eigenvalue weighted by Gasteiger charge is 2.47. The third-order valence-electron chi connectivity index (χ3n) is 4.14. The lowest BCUT2D eigenvalue weighted by molar-refractivity contribution is -0.186. The number of esters is 3. The van der Waals surface area contributed by atoms with Gasteiger partial charge in [-0.05, 0) is 12.1 Å². The molecule has 1 aliphatic rings. The smallest absolute Gasteiger partial charge is 0.303 e. The highest BCUT2D eigenvalue weighted by atomic mass is 32.2. The van der Waals surface area contributed by atoms with Gasteiger partial charge in [-0.15, -0.1) is 11.8 Å². The van der Waals surface area contributed by atoms with Gasteiger partial charge in [0.05, 0.1) is 11.8 Å². The van der Waals surface area contributed by atoms with Gasteiger partial charge in [-0.3, -0.25) is 14.4 Å². The van der Waals surface area contributed by atoms with Gasteiger partial charge in [-0.2, -0.15) is 0 Å². The van der Waals surface area contributed by atoms with Gasteiger partial charge in [0.25, 0.3) is 0 Å². The lowest BCUT2D eigenvalue weighted by Crippen LogP contribution is -2.55. The number of ether oxygens (including phenoxy) is 4. The summed E-state index contributed by atoms with van der Waals surface area (Å²) in [5.74, 6) is -0.458. The molecule has 3 rings (SSSR count). The molecule has 0 spiro atoms. The molecule has 2 aromatic rings. The molecule has 1 aliphatic heterocycles. The maximum atomic E-state index is 11.8. The third kappa shape index (κ3) is 5.32. The Morgan fingerprint density at radius 3 is 2.27 bits per heavy atom. The van der Waals surface area contributed by atoms with Crippen molar-refractivity contribution in [3.63, 3.8) is 0 Å². The zero-order chi connectivity index (χ0) is 21.7. The minimum absolute atomic E-state index is 0.282. The maximum Gasteiger partial charge on any atom is 0.303 e. The molecule has 0 N–H and O–H groups in total. The second kappa shape index (κ2) is 9.66. The first kappa shape index (κ1) is 21.7. The monoisotopic (exact) mass is 435 g/mol. The van der Waals surface area contributed by atoms with E-state index >= 15 is 0 Å². The summed E-state index contributed by atoms with van der Waals surface area (Å²) in [6.45, 7) is 3.73. The number of benzene rings is 1. The summed E-state index contributed by atoms with van der Waals surface area (Å²) >= 11 is 1.28. The molecule has 2 heterocycles. The van der Waals surface area contributed by atoms with Crippen LogP contribution in [0.2, 0.25) is 0 Å². The van der Waals surface area contributed by atoms with Crippen molar-refractivity contribution in [1.82, 2.24) is 5.16 Å². The molecule has 1 fully saturated rings. The zero-order valence-electron chi connectivity index (χ0n) is 16.6. The van der Waals surface area contributed by atoms with Crippen LogP contribution >= 0.6 is 11.8 Å². The molecular formula is C20H21NO8S. The number of carbonyl (C=O) groups is 3. The first-order valence-corrected chi connectivity index (χ1v) is 10.2. The van der Waals surface area contributed by atoms with Crippen LogP contribution in [0.4, 0.5) is 0 Å². The molecule has 0 bridgehead atoms. The van der Waals surface area contributed by atoms with E-state index in [0.29, 0.717) is 17.1 Å². The van der Waals surface area contributed by atoms with Crippen LogP contribution in [0.25, 0.3) is 11.3 Å². The molecule has 0 unspecified atom stereocenters. The van der Waals surface area contributed by atoms with Crippen LogP contribution in [0.1, 0.15) is 20.8 Å². The predicted octanol–water partition coefficient (Wildman–Crippen LogP) is 2.59. The van der Waals surface area contributed by atoms with Crippen molar-refractivity contribution in [2.75, 3.05) is 5.75 Å². The van der Waals surface area contributed by atoms with E-state index < -0.39 is 41.7 Å². The van der Waals surface area contributed by atoms with Crippen molar-refractivity contribution in [3.05, 3.63) is 36.5 Å². The van der Waals surface area contributed by atoms with E-state index in [1.165, 1.54) is 38.7 Å². The third-order valence-corrected chi connectivity index (χ3v) is 5.35. The van der Waals surface area contributed by atoms with Gasteiger partial charge in [0.15, 0.2) is 29.5 Å². The zero-order valence-corrected chi connectivity index (χ0v) is 17.4. The molecule has 1 saturated heterocycles. The minimum Gasteiger partial charge on any atom is -0.475 e. The molecule has 9 nitrogen and oxygen atoms in total. The summed E-state index contributed by atoms with van der Waals surface area (Å²) in [6.07, 6.45) is -1.29. The van der Waals surface area contributed by atoms with Gasteiger partial charge in [0.1, 0.15) is 5.75 Å². The van der Waals surface area contributed by atoms with Gasteiger partial charge in [0, 0.05) is 32.6 Å². The second-order valence-electron chi connectivity index (χ2n) is 6.49. The molecule has 0 aliphatic carbocycles. The summed E-state index contributed by atoms with van der Waals surface area (Å²) in [5.41, 5.74) is -0.0718. The fourth-order valence-electron chi connectivity index (χ4n) is 3.06. The van der Waals surface area contributed by atoms with Crippen molar-refractivity contribution in [3.8, 4) is 17.1 Å². The van der Waals surface area contributed by atoms with Gasteiger partial charge >= 0.3 is 17.9 Å². The van der Waals surface area contributed by atoms with Crippen molar-refractivity contribution >= 4 is 29.7 Å². The molecule has 0 radical (unpaired) electrons. The Labute approximate surface area is 177 Å². The van der Waals surface area contributed by atoms with Crippen molar-refractivity contribution in [2.24, 2.45) is 0 Å². The van der Waals surface area contributed by atoms with Crippen LogP contribution in [0.5, 0.6) is 5.75 Å². The number of hydrogen-bond acceptors (Lipinski definition) is 10. The van der Waals surface area contributed by atoms with Gasteiger partial charge < -0.3 is 23.5 Å². The Morgan fingerprint density at radius 1 is 0.967 bits per heavy atom. The van der Waals surface area contributed by atoms with E-state index in [9.17, 15) is 14.4 Å². The molecule has 30 heavy (non-hydrogen) atoms. The lowest BCUT2D eigenvalue weighted by atomic mass is 10.1. The Bertz CT molecular complexity index is 900.